The van der Waals surface area contributed by atoms with Gasteiger partial charge in [-0.3, -0.25) is 4.79 Å². The van der Waals surface area contributed by atoms with Crippen molar-refractivity contribution in [1.29, 1.82) is 0 Å². The smallest absolute Gasteiger partial charge is 0.253 e. The minimum absolute atomic E-state index is 0.0487. The molecular formula is C26H28N6OS. The summed E-state index contributed by atoms with van der Waals surface area (Å²) >= 11 is 1.51. The molecule has 34 heavy (non-hydrogen) atoms. The third kappa shape index (κ3) is 4.50. The van der Waals surface area contributed by atoms with E-state index in [1.54, 1.807) is 4.52 Å². The number of anilines is 1. The molecule has 1 unspecified atom stereocenters. The second-order valence-corrected chi connectivity index (χ2v) is 9.66. The molecule has 174 valence electrons. The highest BCUT2D eigenvalue weighted by Crippen LogP contribution is 2.31. The predicted molar refractivity (Wildman–Crippen MR) is 136 cm³/mol. The number of fused-ring (bicyclic) bond motifs is 2. The molecule has 0 radical (unpaired) electrons. The number of hydrogen-bond donors (Lipinski definition) is 1. The highest BCUT2D eigenvalue weighted by atomic mass is 32.2. The Morgan fingerprint density at radius 3 is 2.79 bits per heavy atom. The summed E-state index contributed by atoms with van der Waals surface area (Å²) in [4.78, 5) is 24.4. The second kappa shape index (κ2) is 9.46. The molecule has 0 saturated carbocycles. The van der Waals surface area contributed by atoms with E-state index in [0.29, 0.717) is 34.8 Å². The number of aromatic nitrogens is 4. The highest BCUT2D eigenvalue weighted by Gasteiger charge is 2.25. The van der Waals surface area contributed by atoms with E-state index in [1.807, 2.05) is 44.2 Å². The molecule has 2 aromatic heterocycles. The number of para-hydroxylation sites is 1. The van der Waals surface area contributed by atoms with Gasteiger partial charge in [-0.05, 0) is 56.5 Å². The number of aryl methyl sites for hydroxylation is 2. The van der Waals surface area contributed by atoms with Crippen LogP contribution in [0.4, 0.5) is 5.69 Å². The van der Waals surface area contributed by atoms with Crippen molar-refractivity contribution >= 4 is 29.1 Å². The lowest BCUT2D eigenvalue weighted by Gasteiger charge is -2.25. The normalized spacial score (nSPS) is 15.0. The van der Waals surface area contributed by atoms with Gasteiger partial charge < -0.3 is 10.2 Å². The van der Waals surface area contributed by atoms with E-state index < -0.39 is 0 Å². The molecule has 5 rings (SSSR count). The van der Waals surface area contributed by atoms with Crippen molar-refractivity contribution in [2.45, 2.75) is 44.1 Å². The zero-order valence-electron chi connectivity index (χ0n) is 19.7. The summed E-state index contributed by atoms with van der Waals surface area (Å²) in [5.41, 5.74) is 6.23. The van der Waals surface area contributed by atoms with E-state index in [0.717, 1.165) is 29.9 Å². The number of carbonyl (C=O) groups excluding carboxylic acids is 1. The third-order valence-corrected chi connectivity index (χ3v) is 7.09. The first-order valence-electron chi connectivity index (χ1n) is 11.5. The van der Waals surface area contributed by atoms with Crippen LogP contribution in [0.2, 0.25) is 0 Å². The molecule has 3 heterocycles. The molecule has 0 bridgehead atoms. The van der Waals surface area contributed by atoms with Crippen molar-refractivity contribution in [2.24, 2.45) is 0 Å². The first kappa shape index (κ1) is 22.4. The van der Waals surface area contributed by atoms with Crippen LogP contribution in [0.1, 0.15) is 39.8 Å². The van der Waals surface area contributed by atoms with E-state index in [4.69, 9.17) is 0 Å². The van der Waals surface area contributed by atoms with Crippen LogP contribution in [0.5, 0.6) is 0 Å². The molecule has 1 N–H and O–H groups in total. The van der Waals surface area contributed by atoms with Gasteiger partial charge in [0.1, 0.15) is 0 Å². The summed E-state index contributed by atoms with van der Waals surface area (Å²) in [6.45, 7) is 7.56. The Morgan fingerprint density at radius 1 is 1.12 bits per heavy atom. The van der Waals surface area contributed by atoms with Crippen LogP contribution in [-0.2, 0) is 12.2 Å². The van der Waals surface area contributed by atoms with Gasteiger partial charge in [-0.25, -0.2) is 9.50 Å². The first-order valence-corrected chi connectivity index (χ1v) is 12.5. The summed E-state index contributed by atoms with van der Waals surface area (Å²) in [7, 11) is 0. The van der Waals surface area contributed by atoms with Gasteiger partial charge in [0.25, 0.3) is 11.7 Å². The molecule has 0 spiro atoms. The van der Waals surface area contributed by atoms with Gasteiger partial charge in [-0.2, -0.15) is 4.98 Å². The Labute approximate surface area is 203 Å². The standard InChI is InChI=1S/C26H28N6OS/c1-17-14-19(3)32-25(28-17)29-26(30-32)34-16-21-9-4-6-10-22(21)24(33)27-12-13-31-18(2)15-20-8-5-7-11-23(20)31/h4-11,14,18H,12-13,15-16H2,1-3H3,(H,27,33). The van der Waals surface area contributed by atoms with Crippen LogP contribution in [0.15, 0.2) is 59.8 Å². The lowest BCUT2D eigenvalue weighted by molar-refractivity contribution is 0.0954. The van der Waals surface area contributed by atoms with Gasteiger partial charge in [0.05, 0.1) is 0 Å². The van der Waals surface area contributed by atoms with Crippen molar-refractivity contribution in [3.8, 4) is 0 Å². The van der Waals surface area contributed by atoms with Gasteiger partial charge >= 0.3 is 0 Å². The van der Waals surface area contributed by atoms with E-state index >= 15 is 0 Å². The number of amides is 1. The summed E-state index contributed by atoms with van der Waals surface area (Å²) in [5.74, 6) is 1.16. The van der Waals surface area contributed by atoms with Gasteiger partial charge in [0.15, 0.2) is 0 Å². The molecule has 0 aliphatic carbocycles. The Bertz CT molecular complexity index is 1350. The number of benzene rings is 2. The van der Waals surface area contributed by atoms with E-state index in [9.17, 15) is 4.79 Å². The van der Waals surface area contributed by atoms with Crippen LogP contribution in [0.25, 0.3) is 5.78 Å². The van der Waals surface area contributed by atoms with Crippen LogP contribution < -0.4 is 10.2 Å². The molecule has 4 aromatic rings. The predicted octanol–water partition coefficient (Wildman–Crippen LogP) is 4.21. The maximum absolute atomic E-state index is 13.0. The van der Waals surface area contributed by atoms with Crippen LogP contribution in [-0.4, -0.2) is 44.6 Å². The fourth-order valence-electron chi connectivity index (χ4n) is 4.57. The molecule has 1 aliphatic rings. The fourth-order valence-corrected chi connectivity index (χ4v) is 5.40. The lowest BCUT2D eigenvalue weighted by atomic mass is 10.1. The summed E-state index contributed by atoms with van der Waals surface area (Å²) < 4.78 is 1.76. The summed E-state index contributed by atoms with van der Waals surface area (Å²) in [5, 5.41) is 8.33. The van der Waals surface area contributed by atoms with Gasteiger partial charge in [0, 0.05) is 47.5 Å². The Hall–Kier alpha value is -3.39. The maximum atomic E-state index is 13.0. The van der Waals surface area contributed by atoms with Crippen LogP contribution in [0, 0.1) is 13.8 Å². The molecule has 1 aliphatic heterocycles. The van der Waals surface area contributed by atoms with Crippen LogP contribution in [0.3, 0.4) is 0 Å². The molecule has 1 atom stereocenters. The van der Waals surface area contributed by atoms with E-state index in [-0.39, 0.29) is 5.91 Å². The molecule has 8 heteroatoms. The molecule has 2 aromatic carbocycles. The average molecular weight is 473 g/mol. The number of nitrogens with zero attached hydrogens (tertiary/aromatic N) is 5. The SMILES string of the molecule is Cc1cc(C)n2nc(SCc3ccccc3C(=O)NCCN3c4ccccc4CC3C)nc2n1. The molecule has 0 saturated heterocycles. The monoisotopic (exact) mass is 472 g/mol. The molecule has 0 fully saturated rings. The Kier molecular flexibility index (Phi) is 6.24. The Morgan fingerprint density at radius 2 is 1.91 bits per heavy atom. The van der Waals surface area contributed by atoms with Crippen LogP contribution >= 0.6 is 11.8 Å². The summed E-state index contributed by atoms with van der Waals surface area (Å²) in [6, 6.07) is 18.7. The minimum atomic E-state index is -0.0487. The van der Waals surface area contributed by atoms with Crippen molar-refractivity contribution in [2.75, 3.05) is 18.0 Å². The largest absolute Gasteiger partial charge is 0.367 e. The number of nitrogens with one attached hydrogen (secondary N) is 1. The van der Waals surface area contributed by atoms with Crippen molar-refractivity contribution in [3.05, 3.63) is 82.7 Å². The minimum Gasteiger partial charge on any atom is -0.367 e. The highest BCUT2D eigenvalue weighted by molar-refractivity contribution is 7.98. The van der Waals surface area contributed by atoms with E-state index in [1.165, 1.54) is 23.0 Å². The lowest BCUT2D eigenvalue weighted by Crippen LogP contribution is -2.38. The zero-order valence-corrected chi connectivity index (χ0v) is 20.5. The third-order valence-electron chi connectivity index (χ3n) is 6.20. The Balaban J connectivity index is 1.22. The van der Waals surface area contributed by atoms with Crippen molar-refractivity contribution < 1.29 is 4.79 Å². The summed E-state index contributed by atoms with van der Waals surface area (Å²) in [6.07, 6.45) is 1.05. The maximum Gasteiger partial charge on any atom is 0.253 e. The number of thioether (sulfide) groups is 1. The molecule has 7 nitrogen and oxygen atoms in total. The van der Waals surface area contributed by atoms with Gasteiger partial charge in [-0.15, -0.1) is 5.10 Å². The van der Waals surface area contributed by atoms with E-state index in [2.05, 4.69) is 56.5 Å². The molecule has 1 amide bonds. The fraction of sp³-hybridized carbons (Fsp3) is 0.308. The topological polar surface area (TPSA) is 75.4 Å². The van der Waals surface area contributed by atoms with Crippen molar-refractivity contribution in [3.63, 3.8) is 0 Å². The second-order valence-electron chi connectivity index (χ2n) is 8.72. The number of hydrogen-bond acceptors (Lipinski definition) is 6. The average Bonchev–Trinajstić information content (AvgIpc) is 3.38. The van der Waals surface area contributed by atoms with Gasteiger partial charge in [0.2, 0.25) is 5.16 Å². The quantitative estimate of drug-likeness (QED) is 0.406. The number of rotatable bonds is 7. The zero-order chi connectivity index (χ0) is 23.7. The van der Waals surface area contributed by atoms with Crippen molar-refractivity contribution in [1.82, 2.24) is 24.9 Å². The molecular weight excluding hydrogens is 444 g/mol. The first-order chi connectivity index (χ1) is 16.5. The number of carbonyl (C=O) groups is 1. The van der Waals surface area contributed by atoms with Gasteiger partial charge in [-0.1, -0.05) is 48.2 Å².